The highest BCUT2D eigenvalue weighted by atomic mass is 32.1. The van der Waals surface area contributed by atoms with E-state index in [9.17, 15) is 5.21 Å². The van der Waals surface area contributed by atoms with Crippen molar-refractivity contribution in [1.82, 2.24) is 9.97 Å². The van der Waals surface area contributed by atoms with E-state index in [-0.39, 0.29) is 0 Å². The zero-order chi connectivity index (χ0) is 12.5. The van der Waals surface area contributed by atoms with Gasteiger partial charge >= 0.3 is 0 Å². The standard InChI is InChI=1S/C12H9N3OS2/c1-7-6-17-11(13-7)10(15-16)12-14-8-4-2-3-5-9(8)18-12/h2-6,16H,1H3/b15-10-. The van der Waals surface area contributed by atoms with E-state index in [2.05, 4.69) is 15.1 Å². The molecule has 0 aliphatic carbocycles. The summed E-state index contributed by atoms with van der Waals surface area (Å²) in [5, 5.41) is 15.8. The molecule has 0 fully saturated rings. The Bertz CT molecular complexity index is 697. The Kier molecular flexibility index (Phi) is 2.81. The van der Waals surface area contributed by atoms with E-state index in [0.29, 0.717) is 15.7 Å². The van der Waals surface area contributed by atoms with Crippen LogP contribution in [0.2, 0.25) is 0 Å². The summed E-state index contributed by atoms with van der Waals surface area (Å²) in [6, 6.07) is 7.85. The molecular weight excluding hydrogens is 266 g/mol. The van der Waals surface area contributed by atoms with Gasteiger partial charge in [-0.2, -0.15) is 0 Å². The fourth-order valence-electron chi connectivity index (χ4n) is 1.61. The molecule has 0 unspecified atom stereocenters. The number of para-hydroxylation sites is 1. The summed E-state index contributed by atoms with van der Waals surface area (Å²) in [6.45, 7) is 1.91. The molecule has 1 aromatic carbocycles. The largest absolute Gasteiger partial charge is 0.410 e. The molecule has 1 N–H and O–H groups in total. The van der Waals surface area contributed by atoms with E-state index < -0.39 is 0 Å². The first-order valence-corrected chi connectivity index (χ1v) is 6.98. The first-order chi connectivity index (χ1) is 8.78. The predicted octanol–water partition coefficient (Wildman–Crippen LogP) is 3.29. The highest BCUT2D eigenvalue weighted by Crippen LogP contribution is 2.25. The van der Waals surface area contributed by atoms with Crippen LogP contribution in [0.15, 0.2) is 34.8 Å². The van der Waals surface area contributed by atoms with Crippen molar-refractivity contribution in [2.75, 3.05) is 0 Å². The molecule has 3 rings (SSSR count). The number of rotatable bonds is 2. The van der Waals surface area contributed by atoms with Crippen molar-refractivity contribution in [3.63, 3.8) is 0 Å². The monoisotopic (exact) mass is 275 g/mol. The molecule has 2 heterocycles. The van der Waals surface area contributed by atoms with Crippen LogP contribution in [0, 0.1) is 6.92 Å². The van der Waals surface area contributed by atoms with E-state index in [1.54, 1.807) is 0 Å². The number of aryl methyl sites for hydroxylation is 1. The molecule has 0 amide bonds. The molecule has 3 aromatic rings. The van der Waals surface area contributed by atoms with E-state index >= 15 is 0 Å². The minimum atomic E-state index is 0.439. The van der Waals surface area contributed by atoms with Gasteiger partial charge in [0.15, 0.2) is 5.71 Å². The molecule has 0 spiro atoms. The zero-order valence-electron chi connectivity index (χ0n) is 9.49. The Labute approximate surface area is 111 Å². The van der Waals surface area contributed by atoms with Crippen molar-refractivity contribution in [2.24, 2.45) is 5.16 Å². The molecule has 0 radical (unpaired) electrons. The molecule has 90 valence electrons. The molecule has 18 heavy (non-hydrogen) atoms. The topological polar surface area (TPSA) is 58.4 Å². The van der Waals surface area contributed by atoms with Gasteiger partial charge in [0.05, 0.1) is 10.2 Å². The number of aromatic nitrogens is 2. The number of fused-ring (bicyclic) bond motifs is 1. The Morgan fingerprint density at radius 2 is 2.06 bits per heavy atom. The average Bonchev–Trinajstić information content (AvgIpc) is 2.96. The Morgan fingerprint density at radius 3 is 2.72 bits per heavy atom. The molecule has 0 atom stereocenters. The van der Waals surface area contributed by atoms with Gasteiger partial charge in [-0.25, -0.2) is 9.97 Å². The van der Waals surface area contributed by atoms with Crippen LogP contribution in [0.25, 0.3) is 10.2 Å². The summed E-state index contributed by atoms with van der Waals surface area (Å²) >= 11 is 2.95. The van der Waals surface area contributed by atoms with Crippen LogP contribution in [0.5, 0.6) is 0 Å². The normalized spacial score (nSPS) is 12.2. The number of benzene rings is 1. The SMILES string of the molecule is Cc1csc(/C(=N/O)c2nc3ccccc3s2)n1. The van der Waals surface area contributed by atoms with Gasteiger partial charge in [0.25, 0.3) is 0 Å². The predicted molar refractivity (Wildman–Crippen MR) is 73.9 cm³/mol. The third kappa shape index (κ3) is 1.89. The van der Waals surface area contributed by atoms with Crippen LogP contribution in [0.4, 0.5) is 0 Å². The number of hydrogen-bond donors (Lipinski definition) is 1. The molecule has 4 nitrogen and oxygen atoms in total. The molecule has 6 heteroatoms. The van der Waals surface area contributed by atoms with Gasteiger partial charge in [-0.05, 0) is 19.1 Å². The molecule has 0 aliphatic rings. The molecule has 2 aromatic heterocycles. The molecule has 0 bridgehead atoms. The van der Waals surface area contributed by atoms with Gasteiger partial charge in [0.2, 0.25) is 0 Å². The second-order valence-corrected chi connectivity index (χ2v) is 5.62. The fraction of sp³-hybridized carbons (Fsp3) is 0.0833. The van der Waals surface area contributed by atoms with E-state index in [1.165, 1.54) is 22.7 Å². The second kappa shape index (κ2) is 4.47. The maximum absolute atomic E-state index is 9.19. The van der Waals surface area contributed by atoms with E-state index in [0.717, 1.165) is 15.9 Å². The van der Waals surface area contributed by atoms with Crippen molar-refractivity contribution in [2.45, 2.75) is 6.92 Å². The lowest BCUT2D eigenvalue weighted by molar-refractivity contribution is 0.319. The number of thiazole rings is 2. The highest BCUT2D eigenvalue weighted by molar-refractivity contribution is 7.21. The highest BCUT2D eigenvalue weighted by Gasteiger charge is 2.16. The maximum atomic E-state index is 9.19. The minimum absolute atomic E-state index is 0.439. The number of hydrogen-bond acceptors (Lipinski definition) is 6. The number of nitrogens with zero attached hydrogens (tertiary/aromatic N) is 3. The molecule has 0 saturated heterocycles. The van der Waals surface area contributed by atoms with Gasteiger partial charge in [0.1, 0.15) is 10.0 Å². The maximum Gasteiger partial charge on any atom is 0.174 e. The van der Waals surface area contributed by atoms with Crippen LogP contribution >= 0.6 is 22.7 Å². The van der Waals surface area contributed by atoms with Crippen LogP contribution in [-0.2, 0) is 0 Å². The van der Waals surface area contributed by atoms with Crippen LogP contribution in [0.1, 0.15) is 15.7 Å². The Morgan fingerprint density at radius 1 is 1.22 bits per heavy atom. The molecule has 0 aliphatic heterocycles. The average molecular weight is 275 g/mol. The van der Waals surface area contributed by atoms with Gasteiger partial charge in [-0.15, -0.1) is 22.7 Å². The lowest BCUT2D eigenvalue weighted by atomic mass is 10.3. The summed E-state index contributed by atoms with van der Waals surface area (Å²) in [5.74, 6) is 0. The lowest BCUT2D eigenvalue weighted by Gasteiger charge is -1.94. The van der Waals surface area contributed by atoms with Crippen LogP contribution < -0.4 is 0 Å². The minimum Gasteiger partial charge on any atom is -0.410 e. The third-order valence-electron chi connectivity index (χ3n) is 2.42. The van der Waals surface area contributed by atoms with Crippen LogP contribution in [0.3, 0.4) is 0 Å². The summed E-state index contributed by atoms with van der Waals surface area (Å²) in [6.07, 6.45) is 0. The molecular formula is C12H9N3OS2. The second-order valence-electron chi connectivity index (χ2n) is 3.73. The summed E-state index contributed by atoms with van der Waals surface area (Å²) < 4.78 is 1.07. The van der Waals surface area contributed by atoms with Crippen molar-refractivity contribution in [3.05, 3.63) is 45.4 Å². The zero-order valence-corrected chi connectivity index (χ0v) is 11.1. The first kappa shape index (κ1) is 11.3. The fourth-order valence-corrected chi connectivity index (χ4v) is 3.41. The van der Waals surface area contributed by atoms with Gasteiger partial charge < -0.3 is 5.21 Å². The van der Waals surface area contributed by atoms with Crippen LogP contribution in [-0.4, -0.2) is 20.9 Å². The van der Waals surface area contributed by atoms with E-state index in [1.807, 2.05) is 36.6 Å². The van der Waals surface area contributed by atoms with Crippen molar-refractivity contribution >= 4 is 38.6 Å². The summed E-state index contributed by atoms with van der Waals surface area (Å²) in [4.78, 5) is 8.79. The van der Waals surface area contributed by atoms with Gasteiger partial charge in [-0.3, -0.25) is 0 Å². The summed E-state index contributed by atoms with van der Waals surface area (Å²) in [5.41, 5.74) is 2.26. The van der Waals surface area contributed by atoms with Gasteiger partial charge in [-0.1, -0.05) is 17.3 Å². The quantitative estimate of drug-likeness (QED) is 0.443. The summed E-state index contributed by atoms with van der Waals surface area (Å²) in [7, 11) is 0. The van der Waals surface area contributed by atoms with E-state index in [4.69, 9.17) is 0 Å². The smallest absolute Gasteiger partial charge is 0.174 e. The van der Waals surface area contributed by atoms with Crippen molar-refractivity contribution in [1.29, 1.82) is 0 Å². The van der Waals surface area contributed by atoms with Gasteiger partial charge in [0, 0.05) is 11.1 Å². The first-order valence-electron chi connectivity index (χ1n) is 5.28. The number of oxime groups is 1. The van der Waals surface area contributed by atoms with Crippen molar-refractivity contribution in [3.8, 4) is 0 Å². The Balaban J connectivity index is 2.12. The Hall–Kier alpha value is -1.79. The van der Waals surface area contributed by atoms with Crippen molar-refractivity contribution < 1.29 is 5.21 Å². The third-order valence-corrected chi connectivity index (χ3v) is 4.43. The molecule has 0 saturated carbocycles. The lowest BCUT2D eigenvalue weighted by Crippen LogP contribution is -2.02.